The molecule has 34 heavy (non-hydrogen) atoms. The van der Waals surface area contributed by atoms with Crippen molar-refractivity contribution in [1.82, 2.24) is 5.32 Å². The molecule has 1 saturated carbocycles. The van der Waals surface area contributed by atoms with Crippen molar-refractivity contribution in [2.45, 2.75) is 24.6 Å². The average Bonchev–Trinajstić information content (AvgIpc) is 3.46. The Balaban J connectivity index is 1.72. The van der Waals surface area contributed by atoms with Crippen LogP contribution in [0.3, 0.4) is 0 Å². The molecule has 7 nitrogen and oxygen atoms in total. The Morgan fingerprint density at radius 2 is 1.79 bits per heavy atom. The van der Waals surface area contributed by atoms with Crippen molar-refractivity contribution in [3.63, 3.8) is 0 Å². The fourth-order valence-electron chi connectivity index (χ4n) is 3.75. The van der Waals surface area contributed by atoms with Gasteiger partial charge in [0.2, 0.25) is 5.71 Å². The fraction of sp³-hybridized carbons (Fsp3) is 0.261. The maximum Gasteiger partial charge on any atom is 0.439 e. The van der Waals surface area contributed by atoms with E-state index in [4.69, 9.17) is 21.4 Å². The molecule has 1 heterocycles. The standard InChI is InChI=1S/C23H19ClF3N3O4/c1-30(2)20(34-16-5-3-4-15(24)12-16)17(18(29-30)23(25,26)27)19(31)28-22(10-11-22)14-8-6-13(7-9-14)21(32)33/h3-9,12H,10-11H2,1-2H3,(H-,28,31,32,33)/p+1. The third-order valence-electron chi connectivity index (χ3n) is 5.59. The lowest BCUT2D eigenvalue weighted by molar-refractivity contribution is -0.869. The zero-order chi connectivity index (χ0) is 24.9. The minimum Gasteiger partial charge on any atom is -0.478 e. The van der Waals surface area contributed by atoms with Gasteiger partial charge in [0.1, 0.15) is 19.8 Å². The summed E-state index contributed by atoms with van der Waals surface area (Å²) in [6.07, 6.45) is -3.93. The molecule has 2 N–H and O–H groups in total. The zero-order valence-electron chi connectivity index (χ0n) is 18.1. The highest BCUT2D eigenvalue weighted by Gasteiger charge is 2.56. The second kappa shape index (κ2) is 8.14. The number of halogens is 4. The van der Waals surface area contributed by atoms with Crippen molar-refractivity contribution in [3.8, 4) is 5.75 Å². The quantitative estimate of drug-likeness (QED) is 0.581. The van der Waals surface area contributed by atoms with Gasteiger partial charge in [-0.3, -0.25) is 4.79 Å². The predicted octanol–water partition coefficient (Wildman–Crippen LogP) is 4.44. The number of nitrogens with one attached hydrogen (secondary N) is 1. The van der Waals surface area contributed by atoms with E-state index in [-0.39, 0.29) is 17.2 Å². The summed E-state index contributed by atoms with van der Waals surface area (Å²) in [5.41, 5.74) is -2.30. The normalized spacial score (nSPS) is 18.4. The third kappa shape index (κ3) is 4.51. The summed E-state index contributed by atoms with van der Waals surface area (Å²) in [7, 11) is 2.73. The highest BCUT2D eigenvalue weighted by atomic mass is 35.5. The number of rotatable bonds is 6. The Hall–Kier alpha value is -3.37. The lowest BCUT2D eigenvalue weighted by Crippen LogP contribution is -2.41. The molecule has 178 valence electrons. The molecule has 1 aliphatic carbocycles. The number of benzene rings is 2. The number of hydrogen-bond donors (Lipinski definition) is 2. The van der Waals surface area contributed by atoms with Crippen LogP contribution >= 0.6 is 11.6 Å². The van der Waals surface area contributed by atoms with Crippen LogP contribution < -0.4 is 10.1 Å². The Kier molecular flexibility index (Phi) is 5.69. The van der Waals surface area contributed by atoms with E-state index in [1.807, 2.05) is 0 Å². The zero-order valence-corrected chi connectivity index (χ0v) is 18.9. The van der Waals surface area contributed by atoms with Gasteiger partial charge in [-0.05, 0) is 48.7 Å². The molecule has 0 radical (unpaired) electrons. The molecule has 2 aromatic rings. The molecular weight excluding hydrogens is 475 g/mol. The van der Waals surface area contributed by atoms with E-state index in [0.29, 0.717) is 23.4 Å². The topological polar surface area (TPSA) is 88.0 Å². The summed E-state index contributed by atoms with van der Waals surface area (Å²) >= 11 is 5.97. The number of carboxylic acids is 1. The number of nitrogens with zero attached hydrogens (tertiary/aromatic N) is 2. The molecule has 0 bridgehead atoms. The molecule has 4 rings (SSSR count). The largest absolute Gasteiger partial charge is 0.478 e. The molecule has 2 aromatic carbocycles. The second-order valence-electron chi connectivity index (χ2n) is 8.50. The van der Waals surface area contributed by atoms with Gasteiger partial charge in [-0.1, -0.05) is 34.9 Å². The van der Waals surface area contributed by atoms with Crippen LogP contribution in [0, 0.1) is 0 Å². The van der Waals surface area contributed by atoms with Crippen molar-refractivity contribution in [2.75, 3.05) is 14.1 Å². The van der Waals surface area contributed by atoms with Gasteiger partial charge in [0, 0.05) is 5.02 Å². The number of quaternary nitrogens is 1. The van der Waals surface area contributed by atoms with Gasteiger partial charge >= 0.3 is 18.0 Å². The minimum atomic E-state index is -4.90. The Morgan fingerprint density at radius 1 is 1.15 bits per heavy atom. The van der Waals surface area contributed by atoms with Crippen LogP contribution in [-0.2, 0) is 10.3 Å². The SMILES string of the molecule is C[N+]1(C)N=C(C(F)(F)F)C(C(=O)NC2(c3ccc(C(=O)O)cc3)CC2)=C1Oc1cccc(Cl)c1. The summed E-state index contributed by atoms with van der Waals surface area (Å²) in [6.45, 7) is 0. The number of carbonyl (C=O) groups excluding carboxylic acids is 1. The van der Waals surface area contributed by atoms with Crippen LogP contribution in [0.5, 0.6) is 5.75 Å². The third-order valence-corrected chi connectivity index (χ3v) is 5.83. The van der Waals surface area contributed by atoms with E-state index in [0.717, 1.165) is 0 Å². The Morgan fingerprint density at radius 3 is 2.32 bits per heavy atom. The maximum atomic E-state index is 13.9. The van der Waals surface area contributed by atoms with Gasteiger partial charge in [0.25, 0.3) is 5.91 Å². The van der Waals surface area contributed by atoms with Crippen molar-refractivity contribution in [2.24, 2.45) is 5.10 Å². The fourth-order valence-corrected chi connectivity index (χ4v) is 3.93. The van der Waals surface area contributed by atoms with Crippen LogP contribution in [0.4, 0.5) is 13.2 Å². The molecule has 0 unspecified atom stereocenters. The summed E-state index contributed by atoms with van der Waals surface area (Å²) in [4.78, 5) is 24.4. The molecule has 1 fully saturated rings. The van der Waals surface area contributed by atoms with E-state index in [2.05, 4.69) is 10.4 Å². The predicted molar refractivity (Wildman–Crippen MR) is 117 cm³/mol. The molecule has 1 amide bonds. The average molecular weight is 495 g/mol. The maximum absolute atomic E-state index is 13.9. The number of amides is 1. The highest BCUT2D eigenvalue weighted by Crippen LogP contribution is 2.46. The Labute approximate surface area is 197 Å². The molecule has 0 spiro atoms. The number of ether oxygens (including phenoxy) is 1. The van der Waals surface area contributed by atoms with Crippen molar-refractivity contribution < 1.29 is 37.2 Å². The monoisotopic (exact) mass is 494 g/mol. The molecular formula is C23H20ClF3N3O4+. The first kappa shape index (κ1) is 23.8. The van der Waals surface area contributed by atoms with Gasteiger partial charge in [-0.25, -0.2) is 4.79 Å². The van der Waals surface area contributed by atoms with E-state index in [9.17, 15) is 22.8 Å². The lowest BCUT2D eigenvalue weighted by atomic mass is 10.0. The van der Waals surface area contributed by atoms with Crippen molar-refractivity contribution in [1.29, 1.82) is 0 Å². The number of carbonyl (C=O) groups is 2. The second-order valence-corrected chi connectivity index (χ2v) is 8.94. The van der Waals surface area contributed by atoms with Crippen LogP contribution in [0.15, 0.2) is 65.1 Å². The highest BCUT2D eigenvalue weighted by molar-refractivity contribution is 6.30. The van der Waals surface area contributed by atoms with Crippen molar-refractivity contribution in [3.05, 3.63) is 76.1 Å². The number of hydrogen-bond acceptors (Lipinski definition) is 4. The smallest absolute Gasteiger partial charge is 0.439 e. The van der Waals surface area contributed by atoms with E-state index >= 15 is 0 Å². The Bertz CT molecular complexity index is 1230. The summed E-state index contributed by atoms with van der Waals surface area (Å²) in [5, 5.41) is 15.8. The van der Waals surface area contributed by atoms with Crippen molar-refractivity contribution >= 4 is 29.2 Å². The van der Waals surface area contributed by atoms with Gasteiger partial charge in [-0.2, -0.15) is 13.2 Å². The minimum absolute atomic E-state index is 0.0622. The summed E-state index contributed by atoms with van der Waals surface area (Å²) in [6, 6.07) is 11.9. The van der Waals surface area contributed by atoms with Gasteiger partial charge in [0.05, 0.1) is 11.1 Å². The number of alkyl halides is 3. The van der Waals surface area contributed by atoms with E-state index < -0.39 is 39.5 Å². The van der Waals surface area contributed by atoms with Crippen LogP contribution in [0.1, 0.15) is 28.8 Å². The molecule has 0 aromatic heterocycles. The van der Waals surface area contributed by atoms with Gasteiger partial charge in [-0.15, -0.1) is 4.59 Å². The summed E-state index contributed by atoms with van der Waals surface area (Å²) < 4.78 is 46.7. The number of aromatic carboxylic acids is 1. The molecule has 11 heteroatoms. The molecule has 1 aliphatic heterocycles. The molecule has 2 aliphatic rings. The first-order valence-electron chi connectivity index (χ1n) is 10.2. The molecule has 0 atom stereocenters. The lowest BCUT2D eigenvalue weighted by Gasteiger charge is -2.22. The summed E-state index contributed by atoms with van der Waals surface area (Å²) in [5.74, 6) is -2.24. The van der Waals surface area contributed by atoms with Crippen LogP contribution in [0.2, 0.25) is 5.02 Å². The van der Waals surface area contributed by atoms with E-state index in [1.165, 1.54) is 38.4 Å². The van der Waals surface area contributed by atoms with Gasteiger partial charge in [0.15, 0.2) is 5.57 Å². The van der Waals surface area contributed by atoms with Crippen LogP contribution in [0.25, 0.3) is 0 Å². The first-order valence-corrected chi connectivity index (χ1v) is 10.6. The van der Waals surface area contributed by atoms with E-state index in [1.54, 1.807) is 24.3 Å². The number of carboxylic acid groups (broad SMARTS) is 1. The first-order chi connectivity index (χ1) is 15.8. The van der Waals surface area contributed by atoms with Gasteiger partial charge < -0.3 is 15.2 Å². The molecule has 0 saturated heterocycles. The van der Waals surface area contributed by atoms with Crippen LogP contribution in [-0.4, -0.2) is 47.6 Å².